The topological polar surface area (TPSA) is 485 Å². The van der Waals surface area contributed by atoms with Gasteiger partial charge in [-0.25, -0.2) is 0 Å². The van der Waals surface area contributed by atoms with Crippen molar-refractivity contribution in [2.24, 2.45) is 0 Å². The number of rotatable bonds is 0. The summed E-state index contributed by atoms with van der Waals surface area (Å²) < 4.78 is 8.66. The quantitative estimate of drug-likeness (QED) is 0.305. The maximum Gasteiger partial charge on any atom is 1.00 e. The number of nitrogens with zero attached hydrogens (tertiary/aromatic N) is 1. The summed E-state index contributed by atoms with van der Waals surface area (Å²) in [5, 5.41) is 7.32. The van der Waals surface area contributed by atoms with Gasteiger partial charge in [-0.2, -0.15) is 5.26 Å². The van der Waals surface area contributed by atoms with Crippen molar-refractivity contribution in [1.29, 1.82) is 5.26 Å². The first-order valence-corrected chi connectivity index (χ1v) is 2.97. The van der Waals surface area contributed by atoms with E-state index in [-0.39, 0.29) is 125 Å². The van der Waals surface area contributed by atoms with E-state index in [0.717, 1.165) is 0 Å². The van der Waals surface area contributed by atoms with Gasteiger partial charge >= 0.3 is 59.1 Å². The molecule has 22 heavy (non-hydrogen) atoms. The van der Waals surface area contributed by atoms with Crippen LogP contribution in [-0.4, -0.2) is 70.6 Å². The van der Waals surface area contributed by atoms with Crippen LogP contribution < -0.4 is 68.9 Å². The van der Waals surface area contributed by atoms with Crippen LogP contribution in [0.5, 0.6) is 0 Å². The smallest absolute Gasteiger partial charge is 0.790 e. The minimum absolute atomic E-state index is 0. The molecule has 0 unspecified atom stereocenters. The van der Waals surface area contributed by atoms with Crippen molar-refractivity contribution in [1.82, 2.24) is 0 Å². The summed E-state index contributed by atoms with van der Waals surface area (Å²) in [6, 6.07) is 1.75. The summed E-state index contributed by atoms with van der Waals surface area (Å²) >= 11 is 0. The molecule has 0 aliphatic heterocycles. The standard InChI is InChI=1S/C2H3N.2Na.H3O4P.12H2O/c1-2-3;;;1-5(2,3)4;;;;;;;;;;;;/h1H3;;;(H3,1,2,3,4);12*1H2/q;2*+1;;;;;;;;;;;;;/p-2. The maximum atomic E-state index is 8.66. The average Bonchev–Trinajstić information content (AvgIpc) is 1.27. The van der Waals surface area contributed by atoms with Gasteiger partial charge < -0.3 is 85.0 Å². The van der Waals surface area contributed by atoms with Gasteiger partial charge in [-0.15, -0.1) is 0 Å². The van der Waals surface area contributed by atoms with E-state index in [0.29, 0.717) is 0 Å². The predicted octanol–water partition coefficient (Wildman–Crippen LogP) is -17.6. The van der Waals surface area contributed by atoms with Crippen LogP contribution in [0.1, 0.15) is 6.92 Å². The molecule has 0 amide bonds. The fourth-order valence-corrected chi connectivity index (χ4v) is 0. The van der Waals surface area contributed by atoms with Gasteiger partial charge in [-0.1, -0.05) is 0 Å². The van der Waals surface area contributed by atoms with Crippen molar-refractivity contribution in [3.8, 4) is 6.07 Å². The molecule has 0 rings (SSSR count). The molecule has 0 aromatic heterocycles. The molecule has 0 aromatic rings. The summed E-state index contributed by atoms with van der Waals surface area (Å²) in [5.74, 6) is 0. The monoisotopic (exact) mass is 399 g/mol. The fraction of sp³-hybridized carbons (Fsp3) is 0.500. The van der Waals surface area contributed by atoms with Crippen LogP contribution in [0.3, 0.4) is 0 Å². The molecule has 25 N–H and O–H groups in total. The Morgan fingerprint density at radius 3 is 0.727 bits per heavy atom. The Kier molecular flexibility index (Phi) is 1520. The van der Waals surface area contributed by atoms with Crippen molar-refractivity contribution in [2.75, 3.05) is 0 Å². The van der Waals surface area contributed by atoms with E-state index in [4.69, 9.17) is 24.5 Å². The van der Waals surface area contributed by atoms with Crippen LogP contribution in [0.15, 0.2) is 0 Å². The van der Waals surface area contributed by atoms with Gasteiger partial charge in [0.2, 0.25) is 0 Å². The molecule has 0 heterocycles. The molecule has 0 saturated carbocycles. The second-order valence-electron chi connectivity index (χ2n) is 0.692. The third-order valence-electron chi connectivity index (χ3n) is 0. The van der Waals surface area contributed by atoms with E-state index in [1.165, 1.54) is 6.92 Å². The van der Waals surface area contributed by atoms with Crippen molar-refractivity contribution in [3.63, 3.8) is 0 Å². The van der Waals surface area contributed by atoms with Crippen molar-refractivity contribution < 1.29 is 144 Å². The zero-order valence-corrected chi connectivity index (χ0v) is 17.0. The van der Waals surface area contributed by atoms with Crippen molar-refractivity contribution >= 4 is 7.82 Å². The summed E-state index contributed by atoms with van der Waals surface area (Å²) in [5.41, 5.74) is 0. The van der Waals surface area contributed by atoms with Gasteiger partial charge in [-0.3, -0.25) is 0 Å². The van der Waals surface area contributed by atoms with Crippen LogP contribution in [0.4, 0.5) is 0 Å². The van der Waals surface area contributed by atoms with Gasteiger partial charge in [-0.05, 0) is 0 Å². The zero-order valence-electron chi connectivity index (χ0n) is 12.1. The molecule has 20 heteroatoms. The van der Waals surface area contributed by atoms with Gasteiger partial charge in [0.15, 0.2) is 0 Å². The Morgan fingerprint density at radius 2 is 0.727 bits per heavy atom. The summed E-state index contributed by atoms with van der Waals surface area (Å²) in [4.78, 5) is 24.3. The number of hydrogen-bond acceptors (Lipinski definition) is 4. The van der Waals surface area contributed by atoms with Gasteiger partial charge in [0, 0.05) is 6.92 Å². The van der Waals surface area contributed by atoms with Crippen LogP contribution in [0, 0.1) is 11.3 Å². The van der Waals surface area contributed by atoms with Crippen molar-refractivity contribution in [2.45, 2.75) is 6.92 Å². The first-order chi connectivity index (χ1) is 3.41. The molecule has 0 aliphatic carbocycles. The van der Waals surface area contributed by atoms with E-state index < -0.39 is 7.82 Å². The summed E-state index contributed by atoms with van der Waals surface area (Å²) in [7, 11) is -5.14. The molecule has 0 aromatic carbocycles. The van der Waals surface area contributed by atoms with Crippen molar-refractivity contribution in [3.05, 3.63) is 0 Å². The second kappa shape index (κ2) is 150. The van der Waals surface area contributed by atoms with Crippen LogP contribution in [-0.2, 0) is 4.57 Å². The Morgan fingerprint density at radius 1 is 0.727 bits per heavy atom. The largest absolute Gasteiger partial charge is 1.00 e. The average molecular weight is 399 g/mol. The molecule has 144 valence electrons. The van der Waals surface area contributed by atoms with E-state index in [1.54, 1.807) is 6.07 Å². The van der Waals surface area contributed by atoms with E-state index >= 15 is 0 Å². The first-order valence-electron chi connectivity index (χ1n) is 1.47. The normalized spacial score (nSPS) is 3.05. The van der Waals surface area contributed by atoms with Crippen LogP contribution in [0.2, 0.25) is 0 Å². The molecule has 0 saturated heterocycles. The Bertz CT molecular complexity index is 128. The predicted molar refractivity (Wildman–Crippen MR) is 64.5 cm³/mol. The zero-order chi connectivity index (χ0) is 7.21. The first kappa shape index (κ1) is 223. The van der Waals surface area contributed by atoms with E-state index in [1.807, 2.05) is 0 Å². The van der Waals surface area contributed by atoms with Gasteiger partial charge in [0.1, 0.15) is 0 Å². The summed E-state index contributed by atoms with van der Waals surface area (Å²) in [6.45, 7) is 1.43. The number of phosphoric acid groups is 1. The van der Waals surface area contributed by atoms with E-state index in [9.17, 15) is 0 Å². The maximum absolute atomic E-state index is 8.66. The second-order valence-corrected chi connectivity index (χ2v) is 1.63. The Balaban J connectivity index is -0.00000000146. The van der Waals surface area contributed by atoms with Crippen LogP contribution in [0.25, 0.3) is 0 Å². The van der Waals surface area contributed by atoms with Gasteiger partial charge in [0.05, 0.1) is 13.9 Å². The van der Waals surface area contributed by atoms with Gasteiger partial charge in [0.25, 0.3) is 0 Å². The third-order valence-corrected chi connectivity index (χ3v) is 0. The fourth-order valence-electron chi connectivity index (χ4n) is 0. The third kappa shape index (κ3) is 6820. The molecule has 0 atom stereocenters. The minimum Gasteiger partial charge on any atom is -0.790 e. The van der Waals surface area contributed by atoms with E-state index in [2.05, 4.69) is 0 Å². The molecule has 0 aliphatic rings. The molecular formula is C2H28NNa2O16P. The van der Waals surface area contributed by atoms with Crippen LogP contribution >= 0.6 is 7.82 Å². The SMILES string of the molecule is CC#N.O.O.O.O.O.O.O.O.O.O.O.O.O=P([O-])([O-])O.[Na+].[Na+]. The molecule has 0 bridgehead atoms. The number of hydrogen-bond donors (Lipinski definition) is 1. The summed E-state index contributed by atoms with van der Waals surface area (Å²) in [6.07, 6.45) is 0. The Labute approximate surface area is 169 Å². The molecule has 17 nitrogen and oxygen atoms in total. The minimum atomic E-state index is -5.14. The molecule has 0 fully saturated rings. The molecular weight excluding hydrogens is 371 g/mol. The molecule has 0 radical (unpaired) electrons. The Hall–Kier alpha value is 1.12. The number of nitriles is 1. The molecule has 0 spiro atoms.